The third-order valence-electron chi connectivity index (χ3n) is 2.21. The molecule has 2 rings (SSSR count). The third-order valence-corrected chi connectivity index (χ3v) is 2.48. The number of nitrogens with two attached hydrogens (primary N) is 1. The largest absolute Gasteiger partial charge is 0.361 e. The SMILES string of the molecule is Cn1ccnc1CNc1nc(NN)ncc1Cl. The van der Waals surface area contributed by atoms with Crippen LogP contribution >= 0.6 is 11.6 Å². The average molecular weight is 254 g/mol. The molecule has 7 nitrogen and oxygen atoms in total. The van der Waals surface area contributed by atoms with Crippen LogP contribution in [0.25, 0.3) is 0 Å². The van der Waals surface area contributed by atoms with Crippen molar-refractivity contribution in [1.29, 1.82) is 0 Å². The summed E-state index contributed by atoms with van der Waals surface area (Å²) in [5.41, 5.74) is 2.36. The zero-order valence-corrected chi connectivity index (χ0v) is 9.94. The smallest absolute Gasteiger partial charge is 0.239 e. The van der Waals surface area contributed by atoms with E-state index in [0.717, 1.165) is 5.82 Å². The molecule has 0 radical (unpaired) electrons. The Labute approximate surface area is 103 Å². The number of hydrogen-bond donors (Lipinski definition) is 3. The van der Waals surface area contributed by atoms with Gasteiger partial charge in [-0.25, -0.2) is 15.8 Å². The van der Waals surface area contributed by atoms with E-state index >= 15 is 0 Å². The zero-order valence-electron chi connectivity index (χ0n) is 9.18. The summed E-state index contributed by atoms with van der Waals surface area (Å²) in [6.45, 7) is 0.518. The van der Waals surface area contributed by atoms with Crippen molar-refractivity contribution in [1.82, 2.24) is 19.5 Å². The van der Waals surface area contributed by atoms with Crippen LogP contribution in [0.4, 0.5) is 11.8 Å². The van der Waals surface area contributed by atoms with Crippen molar-refractivity contribution in [3.05, 3.63) is 29.4 Å². The number of nitrogens with zero attached hydrogens (tertiary/aromatic N) is 4. The fourth-order valence-corrected chi connectivity index (χ4v) is 1.45. The molecule has 0 aromatic carbocycles. The Hall–Kier alpha value is -1.86. The van der Waals surface area contributed by atoms with Gasteiger partial charge in [-0.1, -0.05) is 11.6 Å². The molecule has 0 atom stereocenters. The quantitative estimate of drug-likeness (QED) is 0.550. The normalized spacial score (nSPS) is 10.3. The highest BCUT2D eigenvalue weighted by Crippen LogP contribution is 2.19. The van der Waals surface area contributed by atoms with Gasteiger partial charge in [0.2, 0.25) is 5.95 Å². The van der Waals surface area contributed by atoms with E-state index in [9.17, 15) is 0 Å². The van der Waals surface area contributed by atoms with Crippen LogP contribution in [0, 0.1) is 0 Å². The molecule has 90 valence electrons. The summed E-state index contributed by atoms with van der Waals surface area (Å²) in [6.07, 6.45) is 5.07. The minimum atomic E-state index is 0.303. The summed E-state index contributed by atoms with van der Waals surface area (Å²) in [5.74, 6) is 6.91. The van der Waals surface area contributed by atoms with E-state index in [2.05, 4.69) is 25.7 Å². The van der Waals surface area contributed by atoms with E-state index in [1.165, 1.54) is 6.20 Å². The first kappa shape index (κ1) is 11.6. The first-order valence-corrected chi connectivity index (χ1v) is 5.27. The summed E-state index contributed by atoms with van der Waals surface area (Å²) in [6, 6.07) is 0. The summed E-state index contributed by atoms with van der Waals surface area (Å²) in [4.78, 5) is 12.1. The van der Waals surface area contributed by atoms with Gasteiger partial charge >= 0.3 is 0 Å². The van der Waals surface area contributed by atoms with E-state index in [-0.39, 0.29) is 0 Å². The number of nitrogens with one attached hydrogen (secondary N) is 2. The van der Waals surface area contributed by atoms with E-state index in [4.69, 9.17) is 17.4 Å². The van der Waals surface area contributed by atoms with Crippen LogP contribution in [0.2, 0.25) is 5.02 Å². The van der Waals surface area contributed by atoms with Crippen molar-refractivity contribution < 1.29 is 0 Å². The van der Waals surface area contributed by atoms with Crippen LogP contribution < -0.4 is 16.6 Å². The maximum absolute atomic E-state index is 5.95. The fourth-order valence-electron chi connectivity index (χ4n) is 1.29. The van der Waals surface area contributed by atoms with Crippen LogP contribution in [-0.4, -0.2) is 19.5 Å². The molecular formula is C9H12ClN7. The average Bonchev–Trinajstić information content (AvgIpc) is 2.74. The van der Waals surface area contributed by atoms with Gasteiger partial charge in [-0.15, -0.1) is 0 Å². The summed E-state index contributed by atoms with van der Waals surface area (Å²) < 4.78 is 1.91. The van der Waals surface area contributed by atoms with Crippen LogP contribution in [0.3, 0.4) is 0 Å². The lowest BCUT2D eigenvalue weighted by molar-refractivity contribution is 0.810. The van der Waals surface area contributed by atoms with Gasteiger partial charge in [-0.05, 0) is 0 Å². The highest BCUT2D eigenvalue weighted by Gasteiger charge is 2.05. The Morgan fingerprint density at radius 1 is 1.47 bits per heavy atom. The Balaban J connectivity index is 2.11. The minimum Gasteiger partial charge on any atom is -0.361 e. The number of nitrogen functional groups attached to an aromatic ring is 1. The fraction of sp³-hybridized carbons (Fsp3) is 0.222. The van der Waals surface area contributed by atoms with Crippen LogP contribution in [0.5, 0.6) is 0 Å². The van der Waals surface area contributed by atoms with Gasteiger partial charge in [0.1, 0.15) is 10.8 Å². The number of hydrogen-bond acceptors (Lipinski definition) is 6. The summed E-state index contributed by atoms with van der Waals surface area (Å²) >= 11 is 5.95. The Kier molecular flexibility index (Phi) is 3.40. The van der Waals surface area contributed by atoms with E-state index in [1.807, 2.05) is 17.8 Å². The van der Waals surface area contributed by atoms with Crippen LogP contribution in [0.1, 0.15) is 5.82 Å². The molecule has 0 unspecified atom stereocenters. The predicted molar refractivity (Wildman–Crippen MR) is 65.4 cm³/mol. The second-order valence-electron chi connectivity index (χ2n) is 3.34. The van der Waals surface area contributed by atoms with Crippen molar-refractivity contribution in [2.45, 2.75) is 6.54 Å². The lowest BCUT2D eigenvalue weighted by atomic mass is 10.5. The lowest BCUT2D eigenvalue weighted by Crippen LogP contribution is -2.13. The molecular weight excluding hydrogens is 242 g/mol. The lowest BCUT2D eigenvalue weighted by Gasteiger charge is -2.08. The second kappa shape index (κ2) is 4.98. The molecule has 2 aromatic rings. The third kappa shape index (κ3) is 2.63. The maximum atomic E-state index is 5.95. The van der Waals surface area contributed by atoms with Crippen LogP contribution in [-0.2, 0) is 13.6 Å². The predicted octanol–water partition coefficient (Wildman–Crippen LogP) is 0.761. The number of halogens is 1. The Bertz CT molecular complexity index is 510. The van der Waals surface area contributed by atoms with Gasteiger partial charge in [-0.2, -0.15) is 4.98 Å². The molecule has 0 bridgehead atoms. The van der Waals surface area contributed by atoms with Gasteiger partial charge in [0, 0.05) is 19.4 Å². The topological polar surface area (TPSA) is 93.7 Å². The van der Waals surface area contributed by atoms with Crippen molar-refractivity contribution >= 4 is 23.4 Å². The maximum Gasteiger partial charge on any atom is 0.239 e. The first-order chi connectivity index (χ1) is 8.20. The molecule has 0 aliphatic heterocycles. The van der Waals surface area contributed by atoms with Crippen molar-refractivity contribution in [3.8, 4) is 0 Å². The molecule has 0 amide bonds. The van der Waals surface area contributed by atoms with Crippen LogP contribution in [0.15, 0.2) is 18.6 Å². The van der Waals surface area contributed by atoms with Crippen molar-refractivity contribution in [3.63, 3.8) is 0 Å². The molecule has 2 aromatic heterocycles. The van der Waals surface area contributed by atoms with Gasteiger partial charge in [0.05, 0.1) is 12.7 Å². The Morgan fingerprint density at radius 2 is 2.29 bits per heavy atom. The number of rotatable bonds is 4. The molecule has 8 heteroatoms. The zero-order chi connectivity index (χ0) is 12.3. The molecule has 4 N–H and O–H groups in total. The molecule has 0 saturated heterocycles. The summed E-state index contributed by atoms with van der Waals surface area (Å²) in [7, 11) is 1.92. The number of aromatic nitrogens is 4. The highest BCUT2D eigenvalue weighted by atomic mass is 35.5. The number of imidazole rings is 1. The molecule has 17 heavy (non-hydrogen) atoms. The molecule has 0 aliphatic carbocycles. The van der Waals surface area contributed by atoms with E-state index in [1.54, 1.807) is 6.20 Å². The van der Waals surface area contributed by atoms with Crippen molar-refractivity contribution in [2.75, 3.05) is 10.7 Å². The first-order valence-electron chi connectivity index (χ1n) is 4.90. The molecule has 0 saturated carbocycles. The number of aryl methyl sites for hydroxylation is 1. The monoisotopic (exact) mass is 253 g/mol. The summed E-state index contributed by atoms with van der Waals surface area (Å²) in [5, 5.41) is 3.50. The second-order valence-corrected chi connectivity index (χ2v) is 3.75. The van der Waals surface area contributed by atoms with E-state index in [0.29, 0.717) is 23.3 Å². The van der Waals surface area contributed by atoms with Crippen molar-refractivity contribution in [2.24, 2.45) is 12.9 Å². The van der Waals surface area contributed by atoms with Gasteiger partial charge in [0.25, 0.3) is 0 Å². The molecule has 0 fully saturated rings. The van der Waals surface area contributed by atoms with Gasteiger partial charge < -0.3 is 9.88 Å². The number of hydrazine groups is 1. The van der Waals surface area contributed by atoms with E-state index < -0.39 is 0 Å². The molecule has 2 heterocycles. The number of anilines is 2. The standard InChI is InChI=1S/C9H12ClN7/c1-17-3-2-12-7(17)5-13-8-6(10)4-14-9(15-8)16-11/h2-4H,5,11H2,1H3,(H2,13,14,15,16). The molecule has 0 spiro atoms. The van der Waals surface area contributed by atoms with Gasteiger partial charge in [0.15, 0.2) is 5.82 Å². The highest BCUT2D eigenvalue weighted by molar-refractivity contribution is 6.32. The van der Waals surface area contributed by atoms with Gasteiger partial charge in [-0.3, -0.25) is 5.43 Å². The Morgan fingerprint density at radius 3 is 2.94 bits per heavy atom. The molecule has 0 aliphatic rings. The minimum absolute atomic E-state index is 0.303.